The highest BCUT2D eigenvalue weighted by atomic mass is 16.2. The molecule has 3 aromatic rings. The van der Waals surface area contributed by atoms with Crippen LogP contribution >= 0.6 is 0 Å². The average Bonchev–Trinajstić information content (AvgIpc) is 3.51. The van der Waals surface area contributed by atoms with Gasteiger partial charge >= 0.3 is 0 Å². The molecule has 1 amide bonds. The fourth-order valence-corrected chi connectivity index (χ4v) is 3.62. The predicted molar refractivity (Wildman–Crippen MR) is 115 cm³/mol. The van der Waals surface area contributed by atoms with E-state index in [0.717, 1.165) is 29.9 Å². The first-order valence-electron chi connectivity index (χ1n) is 11.4. The van der Waals surface area contributed by atoms with Crippen LogP contribution < -0.4 is 15.5 Å². The second kappa shape index (κ2) is 7.46. The van der Waals surface area contributed by atoms with Gasteiger partial charge in [-0.05, 0) is 18.9 Å². The molecule has 1 aliphatic heterocycles. The number of pyridine rings is 2. The molecule has 2 aliphatic rings. The SMILES string of the molecule is [2H]C([2H])([2H])CC(=O)c1cnc(NC(=O)C2CC2)cc1Nc1nccc2c1N(C)Cc1cnnn1-2. The molecule has 0 saturated heterocycles. The maximum absolute atomic E-state index is 12.8. The lowest BCUT2D eigenvalue weighted by molar-refractivity contribution is -0.117. The molecule has 31 heavy (non-hydrogen) atoms. The van der Waals surface area contributed by atoms with Crippen molar-refractivity contribution >= 4 is 34.7 Å². The molecular weight excluding hydrogens is 396 g/mol. The molecule has 1 aliphatic carbocycles. The van der Waals surface area contributed by atoms with E-state index in [4.69, 9.17) is 4.11 Å². The Morgan fingerprint density at radius 3 is 2.97 bits per heavy atom. The van der Waals surface area contributed by atoms with Crippen molar-refractivity contribution < 1.29 is 13.7 Å². The number of aromatic nitrogens is 5. The molecule has 4 heterocycles. The smallest absolute Gasteiger partial charge is 0.228 e. The van der Waals surface area contributed by atoms with Crippen molar-refractivity contribution in [1.82, 2.24) is 25.0 Å². The van der Waals surface area contributed by atoms with Gasteiger partial charge in [-0.15, -0.1) is 5.10 Å². The topological polar surface area (TPSA) is 118 Å². The van der Waals surface area contributed by atoms with E-state index in [2.05, 4.69) is 30.9 Å². The lowest BCUT2D eigenvalue weighted by Crippen LogP contribution is -2.27. The summed E-state index contributed by atoms with van der Waals surface area (Å²) in [7, 11) is 1.90. The van der Waals surface area contributed by atoms with Gasteiger partial charge in [0.15, 0.2) is 11.6 Å². The van der Waals surface area contributed by atoms with Crippen molar-refractivity contribution in [3.63, 3.8) is 0 Å². The molecule has 10 heteroatoms. The van der Waals surface area contributed by atoms with E-state index < -0.39 is 19.1 Å². The minimum Gasteiger partial charge on any atom is -0.364 e. The lowest BCUT2D eigenvalue weighted by atomic mass is 10.1. The summed E-state index contributed by atoms with van der Waals surface area (Å²) in [6.07, 6.45) is 5.61. The molecule has 5 rings (SSSR count). The quantitative estimate of drug-likeness (QED) is 0.583. The van der Waals surface area contributed by atoms with Gasteiger partial charge in [-0.25, -0.2) is 14.6 Å². The molecule has 0 bridgehead atoms. The molecule has 3 aromatic heterocycles. The minimum atomic E-state index is -2.43. The first-order valence-corrected chi connectivity index (χ1v) is 9.91. The summed E-state index contributed by atoms with van der Waals surface area (Å²) < 4.78 is 24.1. The highest BCUT2D eigenvalue weighted by molar-refractivity contribution is 6.03. The lowest BCUT2D eigenvalue weighted by Gasteiger charge is -2.29. The molecule has 0 aromatic carbocycles. The fourth-order valence-electron chi connectivity index (χ4n) is 3.62. The predicted octanol–water partition coefficient (Wildman–Crippen LogP) is 2.69. The van der Waals surface area contributed by atoms with Gasteiger partial charge in [0.25, 0.3) is 0 Å². The zero-order chi connectivity index (χ0) is 24.0. The summed E-state index contributed by atoms with van der Waals surface area (Å²) in [5.41, 5.74) is 2.80. The van der Waals surface area contributed by atoms with Crippen molar-refractivity contribution in [2.75, 3.05) is 22.6 Å². The Balaban J connectivity index is 1.54. The molecule has 158 valence electrons. The van der Waals surface area contributed by atoms with E-state index in [-0.39, 0.29) is 23.2 Å². The van der Waals surface area contributed by atoms with Crippen LogP contribution in [0.25, 0.3) is 5.69 Å². The molecule has 0 atom stereocenters. The summed E-state index contributed by atoms with van der Waals surface area (Å²) in [5.74, 6) is -0.0415. The third-order valence-corrected chi connectivity index (χ3v) is 5.35. The summed E-state index contributed by atoms with van der Waals surface area (Å²) in [6, 6.07) is 3.33. The highest BCUT2D eigenvalue weighted by Gasteiger charge is 2.30. The monoisotopic (exact) mass is 421 g/mol. The molecule has 0 spiro atoms. The van der Waals surface area contributed by atoms with Gasteiger partial charge in [0.05, 0.1) is 35.4 Å². The van der Waals surface area contributed by atoms with Gasteiger partial charge in [0, 0.05) is 42.0 Å². The van der Waals surface area contributed by atoms with E-state index in [1.807, 2.05) is 18.0 Å². The number of carbonyl (C=O) groups is 2. The Bertz CT molecular complexity index is 1290. The number of hydrogen-bond acceptors (Lipinski definition) is 8. The highest BCUT2D eigenvalue weighted by Crippen LogP contribution is 2.37. The largest absolute Gasteiger partial charge is 0.364 e. The summed E-state index contributed by atoms with van der Waals surface area (Å²) >= 11 is 0. The van der Waals surface area contributed by atoms with E-state index in [1.165, 1.54) is 12.3 Å². The fraction of sp³-hybridized carbons (Fsp3) is 0.333. The third-order valence-electron chi connectivity index (χ3n) is 5.35. The molecular formula is C21H22N8O2. The average molecular weight is 421 g/mol. The summed E-state index contributed by atoms with van der Waals surface area (Å²) in [5, 5.41) is 14.1. The van der Waals surface area contributed by atoms with Gasteiger partial charge in [-0.2, -0.15) is 0 Å². The number of amides is 1. The second-order valence-electron chi connectivity index (χ2n) is 7.62. The number of Topliss-reactive ketones (excluding diaryl/α,β-unsaturated/α-hetero) is 1. The molecule has 10 nitrogen and oxygen atoms in total. The zero-order valence-corrected chi connectivity index (χ0v) is 16.8. The Morgan fingerprint density at radius 2 is 2.16 bits per heavy atom. The summed E-state index contributed by atoms with van der Waals surface area (Å²) in [6.45, 7) is -1.88. The number of carbonyl (C=O) groups excluding carboxylic acids is 2. The number of ketones is 1. The van der Waals surface area contributed by atoms with E-state index >= 15 is 0 Å². The Labute approximate surface area is 182 Å². The van der Waals surface area contributed by atoms with E-state index in [0.29, 0.717) is 18.1 Å². The Hall–Kier alpha value is -3.82. The van der Waals surface area contributed by atoms with Gasteiger partial charge in [-0.3, -0.25) is 9.59 Å². The van der Waals surface area contributed by atoms with Crippen molar-refractivity contribution in [3.8, 4) is 5.69 Å². The van der Waals surface area contributed by atoms with Crippen LogP contribution in [0.5, 0.6) is 0 Å². The number of nitrogens with zero attached hydrogens (tertiary/aromatic N) is 6. The number of hydrogen-bond donors (Lipinski definition) is 2. The number of fused-ring (bicyclic) bond motifs is 3. The van der Waals surface area contributed by atoms with Crippen LogP contribution in [0.1, 0.15) is 46.3 Å². The first-order chi connectivity index (χ1) is 16.2. The van der Waals surface area contributed by atoms with Gasteiger partial charge < -0.3 is 15.5 Å². The van der Waals surface area contributed by atoms with Gasteiger partial charge in [0.1, 0.15) is 11.5 Å². The van der Waals surface area contributed by atoms with Crippen LogP contribution in [0.2, 0.25) is 0 Å². The van der Waals surface area contributed by atoms with Gasteiger partial charge in [0.2, 0.25) is 5.91 Å². The number of rotatable bonds is 6. The molecule has 1 saturated carbocycles. The second-order valence-corrected chi connectivity index (χ2v) is 7.62. The van der Waals surface area contributed by atoms with Crippen LogP contribution in [0.15, 0.2) is 30.7 Å². The summed E-state index contributed by atoms with van der Waals surface area (Å²) in [4.78, 5) is 35.7. The van der Waals surface area contributed by atoms with E-state index in [1.54, 1.807) is 17.1 Å². The Morgan fingerprint density at radius 1 is 1.29 bits per heavy atom. The van der Waals surface area contributed by atoms with Crippen molar-refractivity contribution in [3.05, 3.63) is 42.0 Å². The maximum Gasteiger partial charge on any atom is 0.228 e. The molecule has 2 N–H and O–H groups in total. The van der Waals surface area contributed by atoms with Crippen LogP contribution in [-0.4, -0.2) is 43.7 Å². The van der Waals surface area contributed by atoms with E-state index in [9.17, 15) is 9.59 Å². The van der Waals surface area contributed by atoms with Crippen LogP contribution in [0, 0.1) is 5.92 Å². The third kappa shape index (κ3) is 3.49. The van der Waals surface area contributed by atoms with Crippen LogP contribution in [0.4, 0.5) is 23.0 Å². The molecule has 1 fully saturated rings. The van der Waals surface area contributed by atoms with Crippen molar-refractivity contribution in [2.45, 2.75) is 32.7 Å². The van der Waals surface area contributed by atoms with Crippen LogP contribution in [0.3, 0.4) is 0 Å². The molecule has 0 radical (unpaired) electrons. The zero-order valence-electron chi connectivity index (χ0n) is 19.8. The number of nitrogens with one attached hydrogen (secondary N) is 2. The first kappa shape index (κ1) is 15.9. The minimum absolute atomic E-state index is 0.0246. The van der Waals surface area contributed by atoms with Crippen molar-refractivity contribution in [1.29, 1.82) is 0 Å². The van der Waals surface area contributed by atoms with Crippen LogP contribution in [-0.2, 0) is 11.3 Å². The Kier molecular flexibility index (Phi) is 3.84. The standard InChI is InChI=1S/C21H22N8O2/c1-3-17(30)14-10-23-18(26-21(31)12-4-5-12)8-15(14)25-20-19-16(6-7-22-20)29-13(9-24-27-29)11-28(19)2/h6-10,12H,3-5,11H2,1-2H3,(H2,22,23,25,26,31)/i1D3. The van der Waals surface area contributed by atoms with Crippen molar-refractivity contribution in [2.24, 2.45) is 5.92 Å². The van der Waals surface area contributed by atoms with Gasteiger partial charge in [-0.1, -0.05) is 12.1 Å². The normalized spacial score (nSPS) is 16.4. The molecule has 0 unspecified atom stereocenters. The maximum atomic E-state index is 12.8. The number of anilines is 4.